The fourth-order valence-corrected chi connectivity index (χ4v) is 2.80. The summed E-state index contributed by atoms with van der Waals surface area (Å²) >= 11 is 0. The molecule has 0 aromatic carbocycles. The number of fused-ring (bicyclic) bond motifs is 3. The first kappa shape index (κ1) is 7.06. The third-order valence-corrected chi connectivity index (χ3v) is 3.49. The monoisotopic (exact) mass is 166 g/mol. The van der Waals surface area contributed by atoms with Crippen molar-refractivity contribution in [2.45, 2.75) is 30.7 Å². The molecule has 1 heterocycles. The Labute approximate surface area is 71.7 Å². The maximum Gasteiger partial charge on any atom is 0.116 e. The summed E-state index contributed by atoms with van der Waals surface area (Å²) in [6.07, 6.45) is 7.23. The first-order chi connectivity index (χ1) is 5.71. The highest BCUT2D eigenvalue weighted by Gasteiger charge is 2.66. The van der Waals surface area contributed by atoms with Crippen LogP contribution in [-0.4, -0.2) is 17.9 Å². The zero-order chi connectivity index (χ0) is 8.34. The molecule has 0 aromatic heterocycles. The SMILES string of the molecule is NC1(N)C2OC2[C@H]2CCC=C[C@H]21. The topological polar surface area (TPSA) is 64.6 Å². The van der Waals surface area contributed by atoms with Crippen LogP contribution in [0.2, 0.25) is 0 Å². The standard InChI is InChI=1S/C9H14N2O/c10-9(11)6-4-2-1-3-5(6)7-8(9)12-7/h2,4-8H,1,3,10-11H2/t5-,6+,7?,8?/m0/s1. The highest BCUT2D eigenvalue weighted by molar-refractivity contribution is 5.23. The lowest BCUT2D eigenvalue weighted by molar-refractivity contribution is 0.140. The summed E-state index contributed by atoms with van der Waals surface area (Å²) in [7, 11) is 0. The minimum absolute atomic E-state index is 0.134. The molecule has 2 unspecified atom stereocenters. The molecular weight excluding hydrogens is 152 g/mol. The van der Waals surface area contributed by atoms with E-state index < -0.39 is 5.66 Å². The largest absolute Gasteiger partial charge is 0.366 e. The minimum atomic E-state index is -0.591. The quantitative estimate of drug-likeness (QED) is 0.301. The third-order valence-electron chi connectivity index (χ3n) is 3.49. The van der Waals surface area contributed by atoms with Gasteiger partial charge in [-0.15, -0.1) is 0 Å². The molecule has 1 saturated carbocycles. The van der Waals surface area contributed by atoms with Gasteiger partial charge in [0.25, 0.3) is 0 Å². The number of nitrogens with two attached hydrogens (primary N) is 2. The number of hydrogen-bond donors (Lipinski definition) is 2. The predicted octanol–water partition coefficient (Wildman–Crippen LogP) is -0.0365. The fraction of sp³-hybridized carbons (Fsp3) is 0.778. The number of rotatable bonds is 0. The summed E-state index contributed by atoms with van der Waals surface area (Å²) in [6.45, 7) is 0. The van der Waals surface area contributed by atoms with Crippen molar-refractivity contribution in [2.75, 3.05) is 0 Å². The molecule has 4 N–H and O–H groups in total. The Hall–Kier alpha value is -0.380. The summed E-state index contributed by atoms with van der Waals surface area (Å²) in [6, 6.07) is 0. The van der Waals surface area contributed by atoms with Gasteiger partial charge >= 0.3 is 0 Å². The smallest absolute Gasteiger partial charge is 0.116 e. The summed E-state index contributed by atoms with van der Waals surface area (Å²) in [5, 5.41) is 0. The summed E-state index contributed by atoms with van der Waals surface area (Å²) in [4.78, 5) is 0. The van der Waals surface area contributed by atoms with Crippen molar-refractivity contribution in [1.29, 1.82) is 0 Å². The molecule has 0 aromatic rings. The second-order valence-corrected chi connectivity index (χ2v) is 4.22. The van der Waals surface area contributed by atoms with Gasteiger partial charge in [0.15, 0.2) is 0 Å². The highest BCUT2D eigenvalue weighted by Crippen LogP contribution is 2.53. The van der Waals surface area contributed by atoms with E-state index >= 15 is 0 Å². The van der Waals surface area contributed by atoms with Crippen LogP contribution in [0.1, 0.15) is 12.8 Å². The molecule has 1 saturated heterocycles. The zero-order valence-electron chi connectivity index (χ0n) is 6.94. The first-order valence-electron chi connectivity index (χ1n) is 4.61. The van der Waals surface area contributed by atoms with Crippen LogP contribution >= 0.6 is 0 Å². The maximum absolute atomic E-state index is 6.02. The molecule has 3 nitrogen and oxygen atoms in total. The van der Waals surface area contributed by atoms with Gasteiger partial charge < -0.3 is 16.2 Å². The molecule has 4 atom stereocenters. The normalized spacial score (nSPS) is 53.2. The fourth-order valence-electron chi connectivity index (χ4n) is 2.80. The molecule has 3 aliphatic rings. The number of epoxide rings is 1. The van der Waals surface area contributed by atoms with E-state index in [4.69, 9.17) is 16.2 Å². The van der Waals surface area contributed by atoms with Crippen molar-refractivity contribution >= 4 is 0 Å². The van der Waals surface area contributed by atoms with Crippen molar-refractivity contribution in [3.63, 3.8) is 0 Å². The lowest BCUT2D eigenvalue weighted by atomic mass is 9.82. The Morgan fingerprint density at radius 1 is 1.42 bits per heavy atom. The Kier molecular flexibility index (Phi) is 1.13. The van der Waals surface area contributed by atoms with E-state index in [1.54, 1.807) is 0 Å². The third kappa shape index (κ3) is 0.672. The van der Waals surface area contributed by atoms with Crippen LogP contribution in [0.3, 0.4) is 0 Å². The van der Waals surface area contributed by atoms with Crippen molar-refractivity contribution in [3.8, 4) is 0 Å². The van der Waals surface area contributed by atoms with E-state index in [0.717, 1.165) is 6.42 Å². The summed E-state index contributed by atoms with van der Waals surface area (Å²) in [5.74, 6) is 0.949. The second kappa shape index (κ2) is 1.92. The van der Waals surface area contributed by atoms with E-state index in [9.17, 15) is 0 Å². The van der Waals surface area contributed by atoms with E-state index in [1.165, 1.54) is 6.42 Å². The van der Waals surface area contributed by atoms with Crippen molar-refractivity contribution in [2.24, 2.45) is 23.3 Å². The van der Waals surface area contributed by atoms with E-state index in [0.29, 0.717) is 17.9 Å². The van der Waals surface area contributed by atoms with Gasteiger partial charge in [-0.25, -0.2) is 0 Å². The molecule has 3 heteroatoms. The predicted molar refractivity (Wildman–Crippen MR) is 45.1 cm³/mol. The van der Waals surface area contributed by atoms with Crippen LogP contribution in [0.15, 0.2) is 12.2 Å². The van der Waals surface area contributed by atoms with Crippen molar-refractivity contribution < 1.29 is 4.74 Å². The van der Waals surface area contributed by atoms with Gasteiger partial charge in [-0.05, 0) is 18.8 Å². The van der Waals surface area contributed by atoms with Crippen LogP contribution in [0.4, 0.5) is 0 Å². The molecule has 0 radical (unpaired) electrons. The molecule has 0 bridgehead atoms. The van der Waals surface area contributed by atoms with Gasteiger partial charge in [-0.2, -0.15) is 0 Å². The number of ether oxygens (including phenoxy) is 1. The molecular formula is C9H14N2O. The van der Waals surface area contributed by atoms with Crippen LogP contribution in [0.5, 0.6) is 0 Å². The zero-order valence-corrected chi connectivity index (χ0v) is 6.94. The van der Waals surface area contributed by atoms with E-state index in [2.05, 4.69) is 12.2 Å². The maximum atomic E-state index is 6.02. The molecule has 66 valence electrons. The Morgan fingerprint density at radius 2 is 2.25 bits per heavy atom. The minimum Gasteiger partial charge on any atom is -0.366 e. The molecule has 0 spiro atoms. The lowest BCUT2D eigenvalue weighted by Gasteiger charge is -2.32. The average Bonchev–Trinajstić information content (AvgIpc) is 2.80. The van der Waals surface area contributed by atoms with Crippen LogP contribution in [-0.2, 0) is 4.74 Å². The molecule has 2 fully saturated rings. The lowest BCUT2D eigenvalue weighted by Crippen LogP contribution is -2.58. The van der Waals surface area contributed by atoms with Gasteiger partial charge in [0.05, 0.1) is 11.8 Å². The van der Waals surface area contributed by atoms with Gasteiger partial charge in [-0.1, -0.05) is 12.2 Å². The highest BCUT2D eigenvalue weighted by atomic mass is 16.6. The van der Waals surface area contributed by atoms with Gasteiger partial charge in [0, 0.05) is 5.92 Å². The van der Waals surface area contributed by atoms with Crippen LogP contribution in [0.25, 0.3) is 0 Å². The van der Waals surface area contributed by atoms with E-state index in [-0.39, 0.29) is 6.10 Å². The molecule has 2 aliphatic carbocycles. The second-order valence-electron chi connectivity index (χ2n) is 4.22. The number of allylic oxidation sites excluding steroid dienone is 1. The first-order valence-corrected chi connectivity index (χ1v) is 4.61. The van der Waals surface area contributed by atoms with Gasteiger partial charge in [-0.3, -0.25) is 0 Å². The van der Waals surface area contributed by atoms with Crippen molar-refractivity contribution in [3.05, 3.63) is 12.2 Å². The Bertz CT molecular complexity index is 249. The van der Waals surface area contributed by atoms with Crippen LogP contribution in [0, 0.1) is 11.8 Å². The molecule has 3 rings (SSSR count). The van der Waals surface area contributed by atoms with E-state index in [1.807, 2.05) is 0 Å². The summed E-state index contributed by atoms with van der Waals surface area (Å²) < 4.78 is 5.45. The molecule has 12 heavy (non-hydrogen) atoms. The van der Waals surface area contributed by atoms with Gasteiger partial charge in [0.1, 0.15) is 6.10 Å². The summed E-state index contributed by atoms with van der Waals surface area (Å²) in [5.41, 5.74) is 11.4. The molecule has 1 aliphatic heterocycles. The molecule has 0 amide bonds. The van der Waals surface area contributed by atoms with Gasteiger partial charge in [0.2, 0.25) is 0 Å². The Morgan fingerprint density at radius 3 is 3.00 bits per heavy atom. The van der Waals surface area contributed by atoms with Crippen molar-refractivity contribution in [1.82, 2.24) is 0 Å². The average molecular weight is 166 g/mol. The number of hydrogen-bond acceptors (Lipinski definition) is 3. The van der Waals surface area contributed by atoms with Crippen LogP contribution < -0.4 is 11.5 Å². The Balaban J connectivity index is 1.98.